The molecule has 0 unspecified atom stereocenters. The third-order valence-corrected chi connectivity index (χ3v) is 4.58. The van der Waals surface area contributed by atoms with Crippen LogP contribution in [0.2, 0.25) is 0 Å². The minimum atomic E-state index is -0.279. The summed E-state index contributed by atoms with van der Waals surface area (Å²) in [6.07, 6.45) is 1.45. The Hall–Kier alpha value is -3.53. The number of hydrogen-bond acceptors (Lipinski definition) is 8. The molecular formula is C20H24N8O2. The number of amides is 1. The molecule has 0 spiro atoms. The molecular weight excluding hydrogens is 384 g/mol. The number of nitrogens with one attached hydrogen (secondary N) is 2. The molecule has 2 aromatic heterocycles. The van der Waals surface area contributed by atoms with E-state index in [4.69, 9.17) is 4.74 Å². The van der Waals surface area contributed by atoms with Crippen LogP contribution in [-0.4, -0.2) is 70.3 Å². The topological polar surface area (TPSA) is 110 Å². The molecule has 156 valence electrons. The molecule has 0 saturated carbocycles. The van der Waals surface area contributed by atoms with E-state index in [-0.39, 0.29) is 11.6 Å². The van der Waals surface area contributed by atoms with Crippen molar-refractivity contribution < 1.29 is 9.53 Å². The molecule has 1 aromatic carbocycles. The summed E-state index contributed by atoms with van der Waals surface area (Å²) < 4.78 is 5.39. The van der Waals surface area contributed by atoms with Gasteiger partial charge in [0.15, 0.2) is 5.69 Å². The highest BCUT2D eigenvalue weighted by atomic mass is 16.5. The lowest BCUT2D eigenvalue weighted by Crippen LogP contribution is -2.37. The number of aromatic nitrogens is 5. The molecule has 10 nitrogen and oxygen atoms in total. The molecule has 30 heavy (non-hydrogen) atoms. The number of benzene rings is 1. The molecule has 1 amide bonds. The van der Waals surface area contributed by atoms with E-state index in [1.807, 2.05) is 43.3 Å². The molecule has 1 fully saturated rings. The Bertz CT molecular complexity index is 985. The van der Waals surface area contributed by atoms with Crippen molar-refractivity contribution in [2.75, 3.05) is 49.6 Å². The second kappa shape index (κ2) is 9.31. The average Bonchev–Trinajstić information content (AvgIpc) is 3.28. The number of morpholine rings is 1. The standard InChI is InChI=1S/C20H24N8O2/c1-15-13-18(27-9-11-30-12-10-27)25-20(24-15)22-8-7-21-19(29)17-14-23-28(26-17)16-5-3-2-4-6-16/h2-6,13-14H,7-12H2,1H3,(H,21,29)(H,22,24,25). The molecule has 0 atom stereocenters. The van der Waals surface area contributed by atoms with E-state index < -0.39 is 0 Å². The summed E-state index contributed by atoms with van der Waals surface area (Å²) >= 11 is 0. The van der Waals surface area contributed by atoms with Gasteiger partial charge in [0.2, 0.25) is 5.95 Å². The van der Waals surface area contributed by atoms with Crippen molar-refractivity contribution in [1.82, 2.24) is 30.3 Å². The van der Waals surface area contributed by atoms with E-state index in [1.165, 1.54) is 11.0 Å². The van der Waals surface area contributed by atoms with Gasteiger partial charge in [0.25, 0.3) is 5.91 Å². The number of hydrogen-bond donors (Lipinski definition) is 2. The Kier molecular flexibility index (Phi) is 6.14. The number of para-hydroxylation sites is 1. The quantitative estimate of drug-likeness (QED) is 0.558. The lowest BCUT2D eigenvalue weighted by molar-refractivity contribution is 0.0949. The fourth-order valence-electron chi connectivity index (χ4n) is 3.08. The van der Waals surface area contributed by atoms with Crippen molar-refractivity contribution in [3.63, 3.8) is 0 Å². The first-order valence-corrected chi connectivity index (χ1v) is 9.87. The molecule has 1 aliphatic heterocycles. The number of nitrogens with zero attached hydrogens (tertiary/aromatic N) is 6. The van der Waals surface area contributed by atoms with Crippen molar-refractivity contribution in [3.8, 4) is 5.69 Å². The Morgan fingerprint density at radius 3 is 2.73 bits per heavy atom. The summed E-state index contributed by atoms with van der Waals surface area (Å²) in [6, 6.07) is 11.4. The highest BCUT2D eigenvalue weighted by Gasteiger charge is 2.14. The summed E-state index contributed by atoms with van der Waals surface area (Å²) in [7, 11) is 0. The summed E-state index contributed by atoms with van der Waals surface area (Å²) in [5.74, 6) is 1.15. The van der Waals surface area contributed by atoms with E-state index in [0.29, 0.717) is 32.3 Å². The molecule has 3 aromatic rings. The van der Waals surface area contributed by atoms with Crippen molar-refractivity contribution in [3.05, 3.63) is 54.0 Å². The summed E-state index contributed by atoms with van der Waals surface area (Å²) in [5.41, 5.74) is 1.95. The van der Waals surface area contributed by atoms with Crippen LogP contribution in [0.15, 0.2) is 42.6 Å². The normalized spacial score (nSPS) is 13.8. The van der Waals surface area contributed by atoms with Crippen LogP contribution in [0.25, 0.3) is 5.69 Å². The van der Waals surface area contributed by atoms with Gasteiger partial charge in [-0.2, -0.15) is 14.9 Å². The van der Waals surface area contributed by atoms with Crippen molar-refractivity contribution in [2.45, 2.75) is 6.92 Å². The number of rotatable bonds is 7. The fraction of sp³-hybridized carbons (Fsp3) is 0.350. The van der Waals surface area contributed by atoms with Crippen LogP contribution in [0.5, 0.6) is 0 Å². The lowest BCUT2D eigenvalue weighted by Gasteiger charge is -2.28. The Labute approximate surface area is 174 Å². The van der Waals surface area contributed by atoms with Gasteiger partial charge < -0.3 is 20.3 Å². The van der Waals surface area contributed by atoms with Gasteiger partial charge in [0.05, 0.1) is 25.1 Å². The van der Waals surface area contributed by atoms with Gasteiger partial charge in [-0.05, 0) is 19.1 Å². The van der Waals surface area contributed by atoms with Gasteiger partial charge in [0, 0.05) is 37.9 Å². The second-order valence-electron chi connectivity index (χ2n) is 6.83. The largest absolute Gasteiger partial charge is 0.378 e. The molecule has 0 aliphatic carbocycles. The molecule has 3 heterocycles. The number of carbonyl (C=O) groups excluding carboxylic acids is 1. The van der Waals surface area contributed by atoms with Crippen molar-refractivity contribution in [1.29, 1.82) is 0 Å². The van der Waals surface area contributed by atoms with Gasteiger partial charge in [-0.3, -0.25) is 4.79 Å². The first-order chi connectivity index (χ1) is 14.7. The fourth-order valence-corrected chi connectivity index (χ4v) is 3.08. The number of aryl methyl sites for hydroxylation is 1. The van der Waals surface area contributed by atoms with Gasteiger partial charge in [-0.15, -0.1) is 5.10 Å². The molecule has 4 rings (SSSR count). The minimum absolute atomic E-state index is 0.264. The predicted octanol–water partition coefficient (Wildman–Crippen LogP) is 1.04. The zero-order valence-corrected chi connectivity index (χ0v) is 16.8. The van der Waals surface area contributed by atoms with Crippen LogP contribution in [0.3, 0.4) is 0 Å². The third-order valence-electron chi connectivity index (χ3n) is 4.58. The molecule has 0 bridgehead atoms. The van der Waals surface area contributed by atoms with Crippen LogP contribution >= 0.6 is 0 Å². The maximum absolute atomic E-state index is 12.3. The summed E-state index contributed by atoms with van der Waals surface area (Å²) in [4.78, 5) is 24.9. The Morgan fingerprint density at radius 1 is 1.13 bits per heavy atom. The first kappa shape index (κ1) is 19.8. The van der Waals surface area contributed by atoms with E-state index >= 15 is 0 Å². The van der Waals surface area contributed by atoms with Gasteiger partial charge in [0.1, 0.15) is 5.82 Å². The monoisotopic (exact) mass is 408 g/mol. The Balaban J connectivity index is 1.28. The molecule has 1 aliphatic rings. The maximum Gasteiger partial charge on any atom is 0.273 e. The van der Waals surface area contributed by atoms with Gasteiger partial charge in [-0.1, -0.05) is 18.2 Å². The number of carbonyl (C=O) groups is 1. The van der Waals surface area contributed by atoms with Crippen LogP contribution in [0.4, 0.5) is 11.8 Å². The van der Waals surface area contributed by atoms with Crippen LogP contribution < -0.4 is 15.5 Å². The summed E-state index contributed by atoms with van der Waals surface area (Å²) in [5, 5.41) is 14.4. The zero-order valence-electron chi connectivity index (χ0n) is 16.8. The van der Waals surface area contributed by atoms with E-state index in [9.17, 15) is 4.79 Å². The van der Waals surface area contributed by atoms with Crippen LogP contribution in [0.1, 0.15) is 16.2 Å². The second-order valence-corrected chi connectivity index (χ2v) is 6.83. The van der Waals surface area contributed by atoms with Crippen LogP contribution in [0, 0.1) is 6.92 Å². The zero-order chi connectivity index (χ0) is 20.8. The van der Waals surface area contributed by atoms with E-state index in [2.05, 4.69) is 35.7 Å². The lowest BCUT2D eigenvalue weighted by atomic mass is 10.3. The minimum Gasteiger partial charge on any atom is -0.378 e. The van der Waals surface area contributed by atoms with E-state index in [1.54, 1.807) is 0 Å². The summed E-state index contributed by atoms with van der Waals surface area (Å²) in [6.45, 7) is 5.87. The van der Waals surface area contributed by atoms with Crippen LogP contribution in [-0.2, 0) is 4.74 Å². The smallest absolute Gasteiger partial charge is 0.273 e. The number of ether oxygens (including phenoxy) is 1. The average molecular weight is 408 g/mol. The predicted molar refractivity (Wildman–Crippen MR) is 112 cm³/mol. The molecule has 0 radical (unpaired) electrons. The Morgan fingerprint density at radius 2 is 1.93 bits per heavy atom. The maximum atomic E-state index is 12.3. The molecule has 1 saturated heterocycles. The highest BCUT2D eigenvalue weighted by Crippen LogP contribution is 2.16. The van der Waals surface area contributed by atoms with Gasteiger partial charge >= 0.3 is 0 Å². The van der Waals surface area contributed by atoms with E-state index in [0.717, 1.165) is 30.3 Å². The number of anilines is 2. The molecule has 10 heteroatoms. The van der Waals surface area contributed by atoms with Crippen molar-refractivity contribution >= 4 is 17.7 Å². The SMILES string of the molecule is Cc1cc(N2CCOCC2)nc(NCCNC(=O)c2cnn(-c3ccccc3)n2)n1. The first-order valence-electron chi connectivity index (χ1n) is 9.87. The highest BCUT2D eigenvalue weighted by molar-refractivity contribution is 5.91. The van der Waals surface area contributed by atoms with Crippen molar-refractivity contribution in [2.24, 2.45) is 0 Å². The molecule has 2 N–H and O–H groups in total. The van der Waals surface area contributed by atoms with Gasteiger partial charge in [-0.25, -0.2) is 4.98 Å². The third kappa shape index (κ3) is 4.90.